The molecule has 6 nitrogen and oxygen atoms in total. The van der Waals surface area contributed by atoms with E-state index in [1.165, 1.54) is 11.8 Å². The van der Waals surface area contributed by atoms with Crippen molar-refractivity contribution < 1.29 is 14.7 Å². The average molecular weight is 251 g/mol. The van der Waals surface area contributed by atoms with Crippen molar-refractivity contribution in [2.45, 2.75) is 26.8 Å². The SMILES string of the molecule is Cc1cc(C)c(C(N)=O)c(N(C)C(C)C(=O)O)n1. The lowest BCUT2D eigenvalue weighted by molar-refractivity contribution is -0.138. The van der Waals surface area contributed by atoms with Gasteiger partial charge in [-0.2, -0.15) is 0 Å². The molecule has 1 atom stereocenters. The maximum Gasteiger partial charge on any atom is 0.326 e. The van der Waals surface area contributed by atoms with Crippen LogP contribution in [-0.4, -0.2) is 35.1 Å². The molecular formula is C12H17N3O3. The van der Waals surface area contributed by atoms with Crippen molar-refractivity contribution in [3.63, 3.8) is 0 Å². The van der Waals surface area contributed by atoms with Gasteiger partial charge in [-0.3, -0.25) is 4.79 Å². The first-order chi connectivity index (χ1) is 8.25. The van der Waals surface area contributed by atoms with Crippen LogP contribution in [0, 0.1) is 13.8 Å². The van der Waals surface area contributed by atoms with Crippen LogP contribution in [0.25, 0.3) is 0 Å². The molecule has 1 heterocycles. The van der Waals surface area contributed by atoms with Crippen LogP contribution in [0.15, 0.2) is 6.07 Å². The molecule has 0 saturated heterocycles. The number of carbonyl (C=O) groups excluding carboxylic acids is 1. The van der Waals surface area contributed by atoms with Crippen molar-refractivity contribution in [1.29, 1.82) is 0 Å². The summed E-state index contributed by atoms with van der Waals surface area (Å²) in [6.07, 6.45) is 0. The molecule has 18 heavy (non-hydrogen) atoms. The highest BCUT2D eigenvalue weighted by molar-refractivity contribution is 5.99. The number of anilines is 1. The first-order valence-electron chi connectivity index (χ1n) is 5.49. The third-order valence-corrected chi connectivity index (χ3v) is 2.84. The van der Waals surface area contributed by atoms with E-state index in [0.717, 1.165) is 0 Å². The van der Waals surface area contributed by atoms with Crippen LogP contribution >= 0.6 is 0 Å². The normalized spacial score (nSPS) is 12.0. The quantitative estimate of drug-likeness (QED) is 0.821. The number of carboxylic acids is 1. The molecule has 1 aromatic heterocycles. The maximum atomic E-state index is 11.5. The molecule has 6 heteroatoms. The molecule has 0 saturated carbocycles. The number of nitrogens with two attached hydrogens (primary N) is 1. The lowest BCUT2D eigenvalue weighted by atomic mass is 10.1. The predicted octanol–water partition coefficient (Wildman–Crippen LogP) is 0.707. The predicted molar refractivity (Wildman–Crippen MR) is 67.7 cm³/mol. The number of pyridine rings is 1. The van der Waals surface area contributed by atoms with Gasteiger partial charge in [-0.15, -0.1) is 0 Å². The second kappa shape index (κ2) is 5.03. The van der Waals surface area contributed by atoms with Crippen molar-refractivity contribution in [2.75, 3.05) is 11.9 Å². The highest BCUT2D eigenvalue weighted by Crippen LogP contribution is 2.22. The van der Waals surface area contributed by atoms with Crippen LogP contribution in [0.2, 0.25) is 0 Å². The summed E-state index contributed by atoms with van der Waals surface area (Å²) in [6.45, 7) is 5.05. The molecule has 0 aliphatic heterocycles. The van der Waals surface area contributed by atoms with E-state index in [9.17, 15) is 9.59 Å². The Labute approximate surface area is 105 Å². The van der Waals surface area contributed by atoms with Gasteiger partial charge in [-0.1, -0.05) is 0 Å². The number of amides is 1. The van der Waals surface area contributed by atoms with E-state index in [1.54, 1.807) is 27.0 Å². The summed E-state index contributed by atoms with van der Waals surface area (Å²) in [4.78, 5) is 28.1. The van der Waals surface area contributed by atoms with Crippen molar-refractivity contribution in [3.05, 3.63) is 22.9 Å². The molecule has 1 amide bonds. The van der Waals surface area contributed by atoms with E-state index in [4.69, 9.17) is 10.8 Å². The molecule has 0 bridgehead atoms. The number of hydrogen-bond donors (Lipinski definition) is 2. The Morgan fingerprint density at radius 1 is 1.44 bits per heavy atom. The lowest BCUT2D eigenvalue weighted by Gasteiger charge is -2.25. The Balaban J connectivity index is 3.38. The van der Waals surface area contributed by atoms with E-state index in [-0.39, 0.29) is 5.56 Å². The number of aliphatic carboxylic acids is 1. The van der Waals surface area contributed by atoms with Crippen LogP contribution < -0.4 is 10.6 Å². The number of hydrogen-bond acceptors (Lipinski definition) is 4. The van der Waals surface area contributed by atoms with Gasteiger partial charge in [0.05, 0.1) is 5.56 Å². The fourth-order valence-corrected chi connectivity index (χ4v) is 1.73. The number of carbonyl (C=O) groups is 2. The zero-order chi connectivity index (χ0) is 14.0. The number of primary amides is 1. The number of likely N-dealkylation sites (N-methyl/N-ethyl adjacent to an activating group) is 1. The molecule has 0 spiro atoms. The molecule has 1 unspecified atom stereocenters. The van der Waals surface area contributed by atoms with E-state index < -0.39 is 17.9 Å². The Bertz CT molecular complexity index is 500. The fraction of sp³-hybridized carbons (Fsp3) is 0.417. The number of carboxylic acid groups (broad SMARTS) is 1. The van der Waals surface area contributed by atoms with Crippen molar-refractivity contribution in [3.8, 4) is 0 Å². The van der Waals surface area contributed by atoms with E-state index in [1.807, 2.05) is 0 Å². The Morgan fingerprint density at radius 3 is 2.44 bits per heavy atom. The van der Waals surface area contributed by atoms with Gasteiger partial charge < -0.3 is 15.7 Å². The molecule has 0 aliphatic carbocycles. The van der Waals surface area contributed by atoms with E-state index in [0.29, 0.717) is 17.1 Å². The molecule has 0 fully saturated rings. The maximum absolute atomic E-state index is 11.5. The van der Waals surface area contributed by atoms with Crippen LogP contribution in [0.5, 0.6) is 0 Å². The second-order valence-corrected chi connectivity index (χ2v) is 4.27. The summed E-state index contributed by atoms with van der Waals surface area (Å²) < 4.78 is 0. The van der Waals surface area contributed by atoms with Gasteiger partial charge in [-0.05, 0) is 32.4 Å². The number of rotatable bonds is 4. The Hall–Kier alpha value is -2.11. The van der Waals surface area contributed by atoms with Crippen molar-refractivity contribution >= 4 is 17.7 Å². The molecule has 1 rings (SSSR count). The number of aryl methyl sites for hydroxylation is 2. The first-order valence-corrected chi connectivity index (χ1v) is 5.49. The first kappa shape index (κ1) is 14.0. The lowest BCUT2D eigenvalue weighted by Crippen LogP contribution is -2.38. The van der Waals surface area contributed by atoms with Crippen LogP contribution in [0.3, 0.4) is 0 Å². The fourth-order valence-electron chi connectivity index (χ4n) is 1.73. The third kappa shape index (κ3) is 2.58. The highest BCUT2D eigenvalue weighted by atomic mass is 16.4. The summed E-state index contributed by atoms with van der Waals surface area (Å²) >= 11 is 0. The highest BCUT2D eigenvalue weighted by Gasteiger charge is 2.24. The summed E-state index contributed by atoms with van der Waals surface area (Å²) in [6, 6.07) is 0.944. The standard InChI is InChI=1S/C12H17N3O3/c1-6-5-7(2)14-11(9(6)10(13)16)15(4)8(3)12(17)18/h5,8H,1-4H3,(H2,13,16)(H,17,18). The van der Waals surface area contributed by atoms with Gasteiger partial charge in [-0.25, -0.2) is 9.78 Å². The zero-order valence-electron chi connectivity index (χ0n) is 10.9. The monoisotopic (exact) mass is 251 g/mol. The Morgan fingerprint density at radius 2 is 2.00 bits per heavy atom. The molecule has 3 N–H and O–H groups in total. The molecule has 0 aliphatic rings. The summed E-state index contributed by atoms with van der Waals surface area (Å²) in [5.74, 6) is -1.30. The summed E-state index contributed by atoms with van der Waals surface area (Å²) in [7, 11) is 1.58. The zero-order valence-corrected chi connectivity index (χ0v) is 10.9. The minimum atomic E-state index is -0.992. The van der Waals surface area contributed by atoms with Crippen LogP contribution in [0.1, 0.15) is 28.5 Å². The smallest absolute Gasteiger partial charge is 0.326 e. The molecular weight excluding hydrogens is 234 g/mol. The molecule has 0 radical (unpaired) electrons. The number of aromatic nitrogens is 1. The third-order valence-electron chi connectivity index (χ3n) is 2.84. The number of nitrogens with zero attached hydrogens (tertiary/aromatic N) is 2. The van der Waals surface area contributed by atoms with Gasteiger partial charge in [0, 0.05) is 12.7 Å². The average Bonchev–Trinajstić information content (AvgIpc) is 2.24. The topological polar surface area (TPSA) is 96.5 Å². The minimum absolute atomic E-state index is 0.260. The van der Waals surface area contributed by atoms with Crippen LogP contribution in [0.4, 0.5) is 5.82 Å². The van der Waals surface area contributed by atoms with Gasteiger partial charge >= 0.3 is 5.97 Å². The van der Waals surface area contributed by atoms with Crippen molar-refractivity contribution in [1.82, 2.24) is 4.98 Å². The van der Waals surface area contributed by atoms with E-state index >= 15 is 0 Å². The van der Waals surface area contributed by atoms with Crippen LogP contribution in [-0.2, 0) is 4.79 Å². The minimum Gasteiger partial charge on any atom is -0.480 e. The van der Waals surface area contributed by atoms with Gasteiger partial charge in [0.2, 0.25) is 0 Å². The second-order valence-electron chi connectivity index (χ2n) is 4.27. The largest absolute Gasteiger partial charge is 0.480 e. The van der Waals surface area contributed by atoms with Gasteiger partial charge in [0.15, 0.2) is 0 Å². The molecule has 1 aromatic rings. The summed E-state index contributed by atoms with van der Waals surface area (Å²) in [5.41, 5.74) is 6.98. The molecule has 0 aromatic carbocycles. The van der Waals surface area contributed by atoms with E-state index in [2.05, 4.69) is 4.98 Å². The summed E-state index contributed by atoms with van der Waals surface area (Å²) in [5, 5.41) is 9.00. The van der Waals surface area contributed by atoms with Crippen molar-refractivity contribution in [2.24, 2.45) is 5.73 Å². The van der Waals surface area contributed by atoms with Gasteiger partial charge in [0.25, 0.3) is 5.91 Å². The Kier molecular flexibility index (Phi) is 3.90. The molecule has 98 valence electrons. The van der Waals surface area contributed by atoms with Gasteiger partial charge in [0.1, 0.15) is 11.9 Å².